The lowest BCUT2D eigenvalue weighted by Gasteiger charge is -2.29. The minimum Gasteiger partial charge on any atom is -0.300 e. The first kappa shape index (κ1) is 26.1. The Balaban J connectivity index is 0.00000114. The zero-order valence-electron chi connectivity index (χ0n) is 20.3. The van der Waals surface area contributed by atoms with Crippen LogP contribution in [-0.2, 0) is 12.8 Å². The van der Waals surface area contributed by atoms with E-state index >= 15 is 0 Å². The quantitative estimate of drug-likeness (QED) is 0.386. The van der Waals surface area contributed by atoms with E-state index in [4.69, 9.17) is 5.26 Å². The van der Waals surface area contributed by atoms with Crippen LogP contribution in [0.3, 0.4) is 0 Å². The second kappa shape index (κ2) is 14.8. The third-order valence-corrected chi connectivity index (χ3v) is 6.60. The Morgan fingerprint density at radius 2 is 1.59 bits per heavy atom. The van der Waals surface area contributed by atoms with E-state index < -0.39 is 6.17 Å². The summed E-state index contributed by atoms with van der Waals surface area (Å²) in [5.74, 6) is 0.120. The summed E-state index contributed by atoms with van der Waals surface area (Å²) in [6, 6.07) is 22.0. The van der Waals surface area contributed by atoms with E-state index in [-0.39, 0.29) is 5.92 Å². The largest absolute Gasteiger partial charge is 0.300 e. The van der Waals surface area contributed by atoms with E-state index in [0.717, 1.165) is 45.2 Å². The molecule has 0 N–H and O–H groups in total. The van der Waals surface area contributed by atoms with Crippen LogP contribution in [0.25, 0.3) is 0 Å². The van der Waals surface area contributed by atoms with Crippen molar-refractivity contribution in [2.24, 2.45) is 0 Å². The van der Waals surface area contributed by atoms with Gasteiger partial charge in [-0.2, -0.15) is 5.26 Å². The molecule has 0 bridgehead atoms. The molecule has 3 atom stereocenters. The Bertz CT molecular complexity index is 781. The molecular weight excluding hydrogens is 395 g/mol. The summed E-state index contributed by atoms with van der Waals surface area (Å²) in [5, 5.41) is 7.32. The first-order chi connectivity index (χ1) is 15.6. The van der Waals surface area contributed by atoms with Crippen LogP contribution in [0.15, 0.2) is 54.6 Å². The molecule has 0 aromatic heterocycles. The standard InChI is InChI=1S/C27H38FN.C2H3N/c1-3-20-29(21-19-23-9-5-4-6-10-23)22(2)13-14-24-15-17-25(18-16-24)26-11-7-8-12-27(26)28;1-2-3/h4-6,9-10,15-18,22,26-27H,3,7-8,11-14,19-21H2,1-2H3;1H3. The van der Waals surface area contributed by atoms with Gasteiger partial charge in [-0.25, -0.2) is 4.39 Å². The molecule has 1 fully saturated rings. The second-order valence-corrected chi connectivity index (χ2v) is 9.03. The van der Waals surface area contributed by atoms with Crippen LogP contribution in [0.5, 0.6) is 0 Å². The van der Waals surface area contributed by atoms with Crippen molar-refractivity contribution in [3.8, 4) is 6.07 Å². The Hall–Kier alpha value is -2.18. The lowest BCUT2D eigenvalue weighted by Crippen LogP contribution is -2.35. The molecule has 0 spiro atoms. The number of benzene rings is 2. The fraction of sp³-hybridized carbons (Fsp3) is 0.552. The molecule has 0 saturated heterocycles. The number of halogens is 1. The van der Waals surface area contributed by atoms with Crippen LogP contribution < -0.4 is 0 Å². The third kappa shape index (κ3) is 8.75. The number of aryl methyl sites for hydroxylation is 1. The van der Waals surface area contributed by atoms with Crippen molar-refractivity contribution < 1.29 is 4.39 Å². The molecule has 0 radical (unpaired) electrons. The maximum absolute atomic E-state index is 14.2. The maximum atomic E-state index is 14.2. The van der Waals surface area contributed by atoms with E-state index in [1.54, 1.807) is 6.07 Å². The van der Waals surface area contributed by atoms with E-state index in [2.05, 4.69) is 73.3 Å². The average Bonchev–Trinajstić information content (AvgIpc) is 2.82. The summed E-state index contributed by atoms with van der Waals surface area (Å²) in [4.78, 5) is 2.64. The minimum atomic E-state index is -0.651. The van der Waals surface area contributed by atoms with Crippen molar-refractivity contribution in [2.45, 2.75) is 90.3 Å². The molecule has 1 aliphatic carbocycles. The fourth-order valence-electron chi connectivity index (χ4n) is 4.71. The minimum absolute atomic E-state index is 0.120. The molecule has 3 unspecified atom stereocenters. The number of alkyl halides is 1. The molecule has 0 heterocycles. The maximum Gasteiger partial charge on any atom is 0.107 e. The molecule has 0 amide bonds. The SMILES string of the molecule is CC#N.CCCN(CCc1ccccc1)C(C)CCc1ccc(C2CCCCC2F)cc1. The number of rotatable bonds is 10. The van der Waals surface area contributed by atoms with Gasteiger partial charge in [0, 0.05) is 25.4 Å². The molecule has 3 heteroatoms. The van der Waals surface area contributed by atoms with Crippen molar-refractivity contribution in [3.63, 3.8) is 0 Å². The summed E-state index contributed by atoms with van der Waals surface area (Å²) in [5.41, 5.74) is 4.00. The molecule has 32 heavy (non-hydrogen) atoms. The van der Waals surface area contributed by atoms with Crippen molar-refractivity contribution in [1.82, 2.24) is 4.90 Å². The Kier molecular flexibility index (Phi) is 12.1. The summed E-state index contributed by atoms with van der Waals surface area (Å²) >= 11 is 0. The molecule has 1 saturated carbocycles. The summed E-state index contributed by atoms with van der Waals surface area (Å²) < 4.78 is 14.2. The molecule has 2 nitrogen and oxygen atoms in total. The number of nitrogens with zero attached hydrogens (tertiary/aromatic N) is 2. The van der Waals surface area contributed by atoms with E-state index in [1.165, 1.54) is 42.9 Å². The number of hydrogen-bond acceptors (Lipinski definition) is 2. The fourth-order valence-corrected chi connectivity index (χ4v) is 4.71. The topological polar surface area (TPSA) is 27.0 Å². The van der Waals surface area contributed by atoms with Crippen molar-refractivity contribution >= 4 is 0 Å². The highest BCUT2D eigenvalue weighted by molar-refractivity contribution is 5.27. The molecule has 2 aromatic rings. The Morgan fingerprint density at radius 3 is 2.22 bits per heavy atom. The zero-order valence-corrected chi connectivity index (χ0v) is 20.3. The van der Waals surface area contributed by atoms with Gasteiger partial charge in [0.25, 0.3) is 0 Å². The van der Waals surface area contributed by atoms with Gasteiger partial charge in [0.1, 0.15) is 6.17 Å². The Morgan fingerprint density at radius 1 is 0.969 bits per heavy atom. The Labute approximate surface area is 195 Å². The van der Waals surface area contributed by atoms with Gasteiger partial charge in [0.05, 0.1) is 6.07 Å². The lowest BCUT2D eigenvalue weighted by atomic mass is 9.82. The van der Waals surface area contributed by atoms with Crippen molar-refractivity contribution in [3.05, 3.63) is 71.3 Å². The lowest BCUT2D eigenvalue weighted by molar-refractivity contribution is 0.202. The zero-order chi connectivity index (χ0) is 23.2. The molecule has 174 valence electrons. The highest BCUT2D eigenvalue weighted by Crippen LogP contribution is 2.35. The van der Waals surface area contributed by atoms with Crippen molar-refractivity contribution in [1.29, 1.82) is 5.26 Å². The number of hydrogen-bond donors (Lipinski definition) is 0. The van der Waals surface area contributed by atoms with Crippen LogP contribution in [0.1, 0.15) is 81.9 Å². The van der Waals surface area contributed by atoms with Crippen LogP contribution in [0, 0.1) is 11.3 Å². The number of nitriles is 1. The predicted octanol–water partition coefficient (Wildman–Crippen LogP) is 7.49. The van der Waals surface area contributed by atoms with Crippen LogP contribution >= 0.6 is 0 Å². The van der Waals surface area contributed by atoms with Crippen LogP contribution in [-0.4, -0.2) is 30.2 Å². The molecule has 2 aromatic carbocycles. The van der Waals surface area contributed by atoms with E-state index in [1.807, 2.05) is 0 Å². The highest BCUT2D eigenvalue weighted by atomic mass is 19.1. The predicted molar refractivity (Wildman–Crippen MR) is 134 cm³/mol. The first-order valence-electron chi connectivity index (χ1n) is 12.4. The smallest absolute Gasteiger partial charge is 0.107 e. The third-order valence-electron chi connectivity index (χ3n) is 6.60. The second-order valence-electron chi connectivity index (χ2n) is 9.03. The highest BCUT2D eigenvalue weighted by Gasteiger charge is 2.25. The first-order valence-corrected chi connectivity index (χ1v) is 12.4. The summed E-state index contributed by atoms with van der Waals surface area (Å²) in [7, 11) is 0. The van der Waals surface area contributed by atoms with Gasteiger partial charge in [-0.3, -0.25) is 0 Å². The summed E-state index contributed by atoms with van der Waals surface area (Å²) in [6.45, 7) is 8.35. The van der Waals surface area contributed by atoms with Crippen molar-refractivity contribution in [2.75, 3.05) is 13.1 Å². The van der Waals surface area contributed by atoms with Gasteiger partial charge >= 0.3 is 0 Å². The van der Waals surface area contributed by atoms with E-state index in [0.29, 0.717) is 6.04 Å². The molecule has 1 aliphatic rings. The molecule has 3 rings (SSSR count). The van der Waals surface area contributed by atoms with E-state index in [9.17, 15) is 4.39 Å². The van der Waals surface area contributed by atoms with Crippen LogP contribution in [0.4, 0.5) is 4.39 Å². The molecule has 0 aliphatic heterocycles. The van der Waals surface area contributed by atoms with Gasteiger partial charge in [0.2, 0.25) is 0 Å². The normalized spacial score (nSPS) is 19.0. The average molecular weight is 437 g/mol. The van der Waals surface area contributed by atoms with Gasteiger partial charge in [-0.05, 0) is 68.7 Å². The van der Waals surface area contributed by atoms with Gasteiger partial charge < -0.3 is 4.90 Å². The van der Waals surface area contributed by atoms with Gasteiger partial charge in [0.15, 0.2) is 0 Å². The monoisotopic (exact) mass is 436 g/mol. The molecular formula is C29H41FN2. The van der Waals surface area contributed by atoms with Gasteiger partial charge in [-0.1, -0.05) is 74.4 Å². The van der Waals surface area contributed by atoms with Crippen LogP contribution in [0.2, 0.25) is 0 Å². The summed E-state index contributed by atoms with van der Waals surface area (Å²) in [6.07, 6.45) is 7.88. The van der Waals surface area contributed by atoms with Gasteiger partial charge in [-0.15, -0.1) is 0 Å².